The van der Waals surface area contributed by atoms with E-state index < -0.39 is 0 Å². The van der Waals surface area contributed by atoms with E-state index in [0.29, 0.717) is 29.6 Å². The van der Waals surface area contributed by atoms with Crippen LogP contribution in [0.2, 0.25) is 5.02 Å². The first-order valence-electron chi connectivity index (χ1n) is 6.31. The number of nitrogens with one attached hydrogen (secondary N) is 1. The second kappa shape index (κ2) is 6.68. The minimum absolute atomic E-state index is 0.558. The lowest BCUT2D eigenvalue weighted by molar-refractivity contribution is 0.354. The Morgan fingerprint density at radius 2 is 1.90 bits per heavy atom. The molecule has 20 heavy (non-hydrogen) atoms. The molecule has 0 aliphatic carbocycles. The first-order valence-corrected chi connectivity index (χ1v) is 6.69. The van der Waals surface area contributed by atoms with Gasteiger partial charge in [-0.2, -0.15) is 0 Å². The fourth-order valence-corrected chi connectivity index (χ4v) is 2.27. The molecule has 0 atom stereocenters. The van der Waals surface area contributed by atoms with Gasteiger partial charge in [-0.3, -0.25) is 0 Å². The molecule has 2 rings (SSSR count). The van der Waals surface area contributed by atoms with Crippen molar-refractivity contribution in [3.63, 3.8) is 0 Å². The maximum absolute atomic E-state index is 6.31. The normalized spacial score (nSPS) is 10.6. The van der Waals surface area contributed by atoms with Gasteiger partial charge in [0.2, 0.25) is 0 Å². The minimum Gasteiger partial charge on any atom is -0.493 e. The lowest BCUT2D eigenvalue weighted by atomic mass is 10.2. The van der Waals surface area contributed by atoms with Crippen LogP contribution in [0, 0.1) is 6.92 Å². The Hall–Kier alpha value is -1.65. The summed E-state index contributed by atoms with van der Waals surface area (Å²) in [5, 5.41) is 3.85. The molecule has 0 amide bonds. The third-order valence-electron chi connectivity index (χ3n) is 2.98. The van der Waals surface area contributed by atoms with E-state index in [1.54, 1.807) is 14.2 Å². The highest BCUT2D eigenvalue weighted by Crippen LogP contribution is 2.37. The number of furan rings is 1. The first kappa shape index (κ1) is 14.8. The van der Waals surface area contributed by atoms with Gasteiger partial charge in [0.1, 0.15) is 11.5 Å². The quantitative estimate of drug-likeness (QED) is 0.885. The van der Waals surface area contributed by atoms with Gasteiger partial charge in [-0.05, 0) is 30.7 Å². The number of methoxy groups -OCH3 is 2. The lowest BCUT2D eigenvalue weighted by Crippen LogP contribution is -2.12. The maximum Gasteiger partial charge on any atom is 0.179 e. The van der Waals surface area contributed by atoms with E-state index in [2.05, 4.69) is 5.32 Å². The van der Waals surface area contributed by atoms with Gasteiger partial charge in [0.15, 0.2) is 11.5 Å². The van der Waals surface area contributed by atoms with E-state index >= 15 is 0 Å². The molecule has 0 bridgehead atoms. The number of benzene rings is 1. The Bertz CT molecular complexity index is 580. The Balaban J connectivity index is 2.02. The summed E-state index contributed by atoms with van der Waals surface area (Å²) in [6.45, 7) is 3.20. The van der Waals surface area contributed by atoms with E-state index in [4.69, 9.17) is 25.5 Å². The first-order chi connectivity index (χ1) is 9.65. The minimum atomic E-state index is 0.558. The molecular formula is C15H18ClNO3. The molecule has 0 unspecified atom stereocenters. The third kappa shape index (κ3) is 3.26. The number of halogens is 1. The van der Waals surface area contributed by atoms with Gasteiger partial charge in [-0.1, -0.05) is 17.7 Å². The molecule has 2 aromatic rings. The summed E-state index contributed by atoms with van der Waals surface area (Å²) in [5.41, 5.74) is 0.951. The van der Waals surface area contributed by atoms with Crippen molar-refractivity contribution < 1.29 is 13.9 Å². The van der Waals surface area contributed by atoms with Crippen LogP contribution in [0.5, 0.6) is 11.5 Å². The van der Waals surface area contributed by atoms with Crippen LogP contribution in [0.1, 0.15) is 17.1 Å². The average molecular weight is 296 g/mol. The van der Waals surface area contributed by atoms with Gasteiger partial charge in [0.25, 0.3) is 0 Å². The van der Waals surface area contributed by atoms with Crippen molar-refractivity contribution in [1.29, 1.82) is 0 Å². The van der Waals surface area contributed by atoms with Crippen molar-refractivity contribution in [2.45, 2.75) is 20.0 Å². The van der Waals surface area contributed by atoms with Gasteiger partial charge in [-0.15, -0.1) is 0 Å². The van der Waals surface area contributed by atoms with Crippen molar-refractivity contribution in [3.05, 3.63) is 46.4 Å². The molecule has 1 aromatic carbocycles. The topological polar surface area (TPSA) is 43.6 Å². The zero-order valence-corrected chi connectivity index (χ0v) is 12.6. The van der Waals surface area contributed by atoms with E-state index in [1.165, 1.54) is 0 Å². The van der Waals surface area contributed by atoms with Crippen LogP contribution in [-0.2, 0) is 13.1 Å². The smallest absolute Gasteiger partial charge is 0.179 e. The number of aryl methyl sites for hydroxylation is 1. The molecule has 0 saturated carbocycles. The average Bonchev–Trinajstić information content (AvgIpc) is 2.86. The van der Waals surface area contributed by atoms with E-state index in [0.717, 1.165) is 17.1 Å². The lowest BCUT2D eigenvalue weighted by Gasteiger charge is -2.13. The molecule has 0 aliphatic heterocycles. The summed E-state index contributed by atoms with van der Waals surface area (Å²) in [6, 6.07) is 7.67. The van der Waals surface area contributed by atoms with Crippen molar-refractivity contribution in [3.8, 4) is 11.5 Å². The van der Waals surface area contributed by atoms with Crippen LogP contribution in [0.4, 0.5) is 0 Å². The third-order valence-corrected chi connectivity index (χ3v) is 3.39. The van der Waals surface area contributed by atoms with Gasteiger partial charge >= 0.3 is 0 Å². The van der Waals surface area contributed by atoms with E-state index in [1.807, 2.05) is 31.2 Å². The predicted octanol–water partition coefficient (Wildman–Crippen LogP) is 3.55. The van der Waals surface area contributed by atoms with Crippen molar-refractivity contribution in [1.82, 2.24) is 5.32 Å². The van der Waals surface area contributed by atoms with Gasteiger partial charge in [0, 0.05) is 6.54 Å². The Labute approximate surface area is 123 Å². The molecule has 0 aliphatic rings. The Kier molecular flexibility index (Phi) is 4.93. The summed E-state index contributed by atoms with van der Waals surface area (Å²) in [4.78, 5) is 0. The Morgan fingerprint density at radius 1 is 1.10 bits per heavy atom. The molecule has 108 valence electrons. The highest BCUT2D eigenvalue weighted by Gasteiger charge is 2.12. The molecule has 5 heteroatoms. The van der Waals surface area contributed by atoms with Gasteiger partial charge in [-0.25, -0.2) is 0 Å². The SMILES string of the molecule is COc1ccc(CNCc2ccc(C)o2)c(Cl)c1OC. The summed E-state index contributed by atoms with van der Waals surface area (Å²) >= 11 is 6.31. The molecular weight excluding hydrogens is 278 g/mol. The van der Waals surface area contributed by atoms with Crippen molar-refractivity contribution in [2.24, 2.45) is 0 Å². The zero-order valence-electron chi connectivity index (χ0n) is 11.8. The second-order valence-electron chi connectivity index (χ2n) is 4.39. The summed E-state index contributed by atoms with van der Waals surface area (Å²) < 4.78 is 16.0. The monoisotopic (exact) mass is 295 g/mol. The van der Waals surface area contributed by atoms with Crippen LogP contribution in [0.25, 0.3) is 0 Å². The highest BCUT2D eigenvalue weighted by atomic mass is 35.5. The fourth-order valence-electron chi connectivity index (χ4n) is 1.97. The predicted molar refractivity (Wildman–Crippen MR) is 78.5 cm³/mol. The standard InChI is InChI=1S/C15H18ClNO3/c1-10-4-6-12(20-10)9-17-8-11-5-7-13(18-2)15(19-3)14(11)16/h4-7,17H,8-9H2,1-3H3. The van der Waals surface area contributed by atoms with E-state index in [-0.39, 0.29) is 0 Å². The molecule has 0 spiro atoms. The van der Waals surface area contributed by atoms with Crippen LogP contribution in [0.3, 0.4) is 0 Å². The number of hydrogen-bond donors (Lipinski definition) is 1. The molecule has 1 heterocycles. The molecule has 4 nitrogen and oxygen atoms in total. The van der Waals surface area contributed by atoms with Crippen LogP contribution in [0.15, 0.2) is 28.7 Å². The molecule has 1 aromatic heterocycles. The summed E-state index contributed by atoms with van der Waals surface area (Å²) in [5.74, 6) is 3.00. The van der Waals surface area contributed by atoms with E-state index in [9.17, 15) is 0 Å². The highest BCUT2D eigenvalue weighted by molar-refractivity contribution is 6.33. The fraction of sp³-hybridized carbons (Fsp3) is 0.333. The van der Waals surface area contributed by atoms with Crippen LogP contribution < -0.4 is 14.8 Å². The number of hydrogen-bond acceptors (Lipinski definition) is 4. The molecule has 0 fully saturated rings. The van der Waals surface area contributed by atoms with Crippen LogP contribution >= 0.6 is 11.6 Å². The van der Waals surface area contributed by atoms with Gasteiger partial charge in [0.05, 0.1) is 25.8 Å². The largest absolute Gasteiger partial charge is 0.493 e. The molecule has 0 radical (unpaired) electrons. The van der Waals surface area contributed by atoms with Crippen molar-refractivity contribution in [2.75, 3.05) is 14.2 Å². The number of ether oxygens (including phenoxy) is 2. The summed E-state index contributed by atoms with van der Waals surface area (Å²) in [7, 11) is 3.16. The van der Waals surface area contributed by atoms with Gasteiger partial charge < -0.3 is 19.2 Å². The molecule has 1 N–H and O–H groups in total. The second-order valence-corrected chi connectivity index (χ2v) is 4.77. The maximum atomic E-state index is 6.31. The Morgan fingerprint density at radius 3 is 2.50 bits per heavy atom. The van der Waals surface area contributed by atoms with Crippen molar-refractivity contribution >= 4 is 11.6 Å². The summed E-state index contributed by atoms with van der Waals surface area (Å²) in [6.07, 6.45) is 0. The molecule has 0 saturated heterocycles. The van der Waals surface area contributed by atoms with Crippen LogP contribution in [-0.4, -0.2) is 14.2 Å². The zero-order chi connectivity index (χ0) is 14.5. The number of rotatable bonds is 6.